The zero-order valence-corrected chi connectivity index (χ0v) is 13.4. The van der Waals surface area contributed by atoms with Crippen molar-refractivity contribution in [2.24, 2.45) is 5.41 Å². The summed E-state index contributed by atoms with van der Waals surface area (Å²) < 4.78 is 107. The van der Waals surface area contributed by atoms with E-state index in [1.54, 1.807) is 0 Å². The van der Waals surface area contributed by atoms with Crippen LogP contribution in [-0.4, -0.2) is 49.3 Å². The molecule has 0 rings (SSSR count). The highest BCUT2D eigenvalue weighted by Crippen LogP contribution is 2.35. The first kappa shape index (κ1) is 23.4. The van der Waals surface area contributed by atoms with Gasteiger partial charge in [-0.05, 0) is 6.92 Å². The highest BCUT2D eigenvalue weighted by atomic mass is 19.4. The van der Waals surface area contributed by atoms with Gasteiger partial charge in [0.25, 0.3) is 5.67 Å². The van der Waals surface area contributed by atoms with Gasteiger partial charge in [0.15, 0.2) is 0 Å². The van der Waals surface area contributed by atoms with Gasteiger partial charge in [0, 0.05) is 5.41 Å². The van der Waals surface area contributed by atoms with Gasteiger partial charge in [0.1, 0.15) is 0 Å². The lowest BCUT2D eigenvalue weighted by Crippen LogP contribution is -2.47. The minimum atomic E-state index is -5.51. The Morgan fingerprint density at radius 1 is 0.880 bits per heavy atom. The van der Waals surface area contributed by atoms with Crippen molar-refractivity contribution in [2.75, 3.05) is 13.2 Å². The molecule has 2 atom stereocenters. The van der Waals surface area contributed by atoms with Crippen molar-refractivity contribution in [1.29, 1.82) is 0 Å². The third kappa shape index (κ3) is 7.43. The van der Waals surface area contributed by atoms with E-state index in [2.05, 4.69) is 9.47 Å². The molecule has 0 aliphatic carbocycles. The third-order valence-corrected chi connectivity index (χ3v) is 2.83. The zero-order chi connectivity index (χ0) is 20.3. The van der Waals surface area contributed by atoms with Crippen molar-refractivity contribution < 1.29 is 54.2 Å². The van der Waals surface area contributed by atoms with E-state index in [0.29, 0.717) is 0 Å². The predicted molar refractivity (Wildman–Crippen MR) is 66.8 cm³/mol. The molecular formula is C13H16F8O4. The van der Waals surface area contributed by atoms with Gasteiger partial charge in [-0.25, -0.2) is 13.6 Å². The molecule has 0 spiro atoms. The van der Waals surface area contributed by atoms with Crippen LogP contribution in [-0.2, 0) is 19.1 Å². The van der Waals surface area contributed by atoms with Gasteiger partial charge in [-0.1, -0.05) is 13.8 Å². The normalized spacial score (nSPS) is 16.8. The van der Waals surface area contributed by atoms with Gasteiger partial charge in [-0.2, -0.15) is 26.3 Å². The van der Waals surface area contributed by atoms with Crippen LogP contribution in [0.25, 0.3) is 0 Å². The fraction of sp³-hybridized carbons (Fsp3) is 0.846. The Hall–Kier alpha value is -1.62. The Balaban J connectivity index is 4.52. The van der Waals surface area contributed by atoms with Crippen LogP contribution in [0.4, 0.5) is 35.1 Å². The number of carbonyl (C=O) groups is 2. The first-order valence-electron chi connectivity index (χ1n) is 6.69. The Morgan fingerprint density at radius 3 is 1.72 bits per heavy atom. The molecule has 4 nitrogen and oxygen atoms in total. The Morgan fingerprint density at radius 2 is 1.32 bits per heavy atom. The first-order chi connectivity index (χ1) is 10.9. The molecule has 0 radical (unpaired) electrons. The molecule has 0 aliphatic heterocycles. The predicted octanol–water partition coefficient (Wildman–Crippen LogP) is 3.68. The Bertz CT molecular complexity index is 481. The van der Waals surface area contributed by atoms with Crippen molar-refractivity contribution in [1.82, 2.24) is 0 Å². The zero-order valence-electron chi connectivity index (χ0n) is 13.4. The number of hydrogen-bond donors (Lipinski definition) is 0. The van der Waals surface area contributed by atoms with Gasteiger partial charge in [-0.3, -0.25) is 4.79 Å². The standard InChI is InChI=1S/C13H16F8O4/c1-10(2,5-24-8(22)4-7(14)12(16,17)18)6-25-9(23)11(3,15)13(19,20)21/h7H,4-6H2,1-3H3. The summed E-state index contributed by atoms with van der Waals surface area (Å²) in [4.78, 5) is 22.2. The van der Waals surface area contributed by atoms with Crippen molar-refractivity contribution in [3.63, 3.8) is 0 Å². The molecule has 0 saturated heterocycles. The molecule has 0 amide bonds. The van der Waals surface area contributed by atoms with Crippen molar-refractivity contribution in [2.45, 2.75) is 51.4 Å². The van der Waals surface area contributed by atoms with E-state index in [-0.39, 0.29) is 6.92 Å². The number of hydrogen-bond acceptors (Lipinski definition) is 4. The minimum Gasteiger partial charge on any atom is -0.465 e. The van der Waals surface area contributed by atoms with Crippen LogP contribution in [0.1, 0.15) is 27.2 Å². The second kappa shape index (κ2) is 7.73. The molecule has 0 aromatic heterocycles. The van der Waals surface area contributed by atoms with Crippen LogP contribution in [0, 0.1) is 5.41 Å². The van der Waals surface area contributed by atoms with Crippen molar-refractivity contribution in [3.05, 3.63) is 0 Å². The number of esters is 2. The average molecular weight is 388 g/mol. The van der Waals surface area contributed by atoms with E-state index in [9.17, 15) is 44.7 Å². The fourth-order valence-corrected chi connectivity index (χ4v) is 1.15. The summed E-state index contributed by atoms with van der Waals surface area (Å²) >= 11 is 0. The van der Waals surface area contributed by atoms with E-state index in [1.165, 1.54) is 13.8 Å². The summed E-state index contributed by atoms with van der Waals surface area (Å²) in [5.41, 5.74) is -5.61. The molecule has 0 aromatic rings. The first-order valence-corrected chi connectivity index (χ1v) is 6.69. The van der Waals surface area contributed by atoms with Crippen LogP contribution in [0.5, 0.6) is 0 Å². The highest BCUT2D eigenvalue weighted by Gasteiger charge is 2.59. The monoisotopic (exact) mass is 388 g/mol. The maximum absolute atomic E-state index is 13.3. The van der Waals surface area contributed by atoms with Crippen molar-refractivity contribution >= 4 is 11.9 Å². The summed E-state index contributed by atoms with van der Waals surface area (Å²) in [6, 6.07) is 0. The maximum atomic E-state index is 13.3. The van der Waals surface area contributed by atoms with Gasteiger partial charge >= 0.3 is 24.3 Å². The molecule has 25 heavy (non-hydrogen) atoms. The van der Waals surface area contributed by atoms with E-state index < -0.39 is 61.2 Å². The number of halogens is 8. The van der Waals surface area contributed by atoms with Gasteiger partial charge in [-0.15, -0.1) is 0 Å². The van der Waals surface area contributed by atoms with Crippen LogP contribution >= 0.6 is 0 Å². The van der Waals surface area contributed by atoms with Gasteiger partial charge < -0.3 is 9.47 Å². The van der Waals surface area contributed by atoms with Crippen LogP contribution in [0.3, 0.4) is 0 Å². The minimum absolute atomic E-state index is 0.0408. The van der Waals surface area contributed by atoms with Crippen molar-refractivity contribution in [3.8, 4) is 0 Å². The lowest BCUT2D eigenvalue weighted by atomic mass is 9.96. The quantitative estimate of drug-likeness (QED) is 0.493. The summed E-state index contributed by atoms with van der Waals surface area (Å²) in [5, 5.41) is 0. The molecular weight excluding hydrogens is 372 g/mol. The Labute approximate surface area is 137 Å². The second-order valence-electron chi connectivity index (χ2n) is 6.12. The molecule has 12 heteroatoms. The summed E-state index contributed by atoms with van der Waals surface area (Å²) in [6.07, 6.45) is -15.8. The highest BCUT2D eigenvalue weighted by molar-refractivity contribution is 5.80. The third-order valence-electron chi connectivity index (χ3n) is 2.83. The van der Waals surface area contributed by atoms with Crippen LogP contribution in [0.15, 0.2) is 0 Å². The molecule has 0 saturated carbocycles. The summed E-state index contributed by atoms with van der Waals surface area (Å²) in [5.74, 6) is -3.77. The topological polar surface area (TPSA) is 52.6 Å². The van der Waals surface area contributed by atoms with Gasteiger partial charge in [0.05, 0.1) is 19.6 Å². The van der Waals surface area contributed by atoms with Gasteiger partial charge in [0.2, 0.25) is 6.17 Å². The SMILES string of the molecule is CC(C)(COC(=O)CC(F)C(F)(F)F)COC(=O)C(C)(F)C(F)(F)F. The van der Waals surface area contributed by atoms with E-state index in [0.717, 1.165) is 0 Å². The molecule has 0 N–H and O–H groups in total. The molecule has 0 bridgehead atoms. The molecule has 2 unspecified atom stereocenters. The lowest BCUT2D eigenvalue weighted by molar-refractivity contribution is -0.235. The van der Waals surface area contributed by atoms with Crippen LogP contribution in [0.2, 0.25) is 0 Å². The number of alkyl halides is 8. The molecule has 0 fully saturated rings. The lowest BCUT2D eigenvalue weighted by Gasteiger charge is -2.27. The number of rotatable bonds is 7. The number of carbonyl (C=O) groups excluding carboxylic acids is 2. The molecule has 148 valence electrons. The van der Waals surface area contributed by atoms with Crippen LogP contribution < -0.4 is 0 Å². The maximum Gasteiger partial charge on any atom is 0.433 e. The van der Waals surface area contributed by atoms with E-state index >= 15 is 0 Å². The summed E-state index contributed by atoms with van der Waals surface area (Å²) in [7, 11) is 0. The van der Waals surface area contributed by atoms with E-state index in [1.807, 2.05) is 0 Å². The van der Waals surface area contributed by atoms with E-state index in [4.69, 9.17) is 0 Å². The fourth-order valence-electron chi connectivity index (χ4n) is 1.15. The molecule has 0 aliphatic rings. The molecule has 0 aromatic carbocycles. The summed E-state index contributed by atoms with van der Waals surface area (Å²) in [6.45, 7) is 0.868. The smallest absolute Gasteiger partial charge is 0.433 e. The molecule has 0 heterocycles. The Kier molecular flexibility index (Phi) is 7.23. The average Bonchev–Trinajstić information content (AvgIpc) is 2.40. The largest absolute Gasteiger partial charge is 0.465 e. The number of ether oxygens (including phenoxy) is 2. The second-order valence-corrected chi connectivity index (χ2v) is 6.12.